The molecule has 0 aromatic heterocycles. The molecule has 0 saturated carbocycles. The van der Waals surface area contributed by atoms with Gasteiger partial charge in [-0.3, -0.25) is 9.59 Å². The van der Waals surface area contributed by atoms with Gasteiger partial charge in [-0.05, 0) is 19.4 Å². The van der Waals surface area contributed by atoms with Crippen molar-refractivity contribution in [3.63, 3.8) is 0 Å². The average Bonchev–Trinajstić information content (AvgIpc) is 2.29. The second kappa shape index (κ2) is 4.61. The van der Waals surface area contributed by atoms with Gasteiger partial charge in [0.2, 0.25) is 11.8 Å². The van der Waals surface area contributed by atoms with Crippen LogP contribution in [0.2, 0.25) is 0 Å². The Balaban J connectivity index is 1.90. The minimum Gasteiger partial charge on any atom is -0.353 e. The van der Waals surface area contributed by atoms with Crippen LogP contribution in [0.25, 0.3) is 0 Å². The van der Waals surface area contributed by atoms with Gasteiger partial charge in [-0.25, -0.2) is 0 Å². The van der Waals surface area contributed by atoms with Crippen molar-refractivity contribution in [1.82, 2.24) is 15.5 Å². The van der Waals surface area contributed by atoms with E-state index >= 15 is 0 Å². The molecule has 0 aliphatic carbocycles. The third-order valence-corrected chi connectivity index (χ3v) is 3.00. The molecule has 0 bridgehead atoms. The monoisotopic (exact) mass is 211 g/mol. The van der Waals surface area contributed by atoms with Crippen LogP contribution in [0.4, 0.5) is 0 Å². The number of nitrogens with one attached hydrogen (secondary N) is 2. The number of piperidine rings is 1. The quantitative estimate of drug-likeness (QED) is 0.581. The molecule has 15 heavy (non-hydrogen) atoms. The number of amides is 2. The third kappa shape index (κ3) is 2.47. The summed E-state index contributed by atoms with van der Waals surface area (Å²) < 4.78 is 0. The Kier molecular flexibility index (Phi) is 3.20. The van der Waals surface area contributed by atoms with Crippen molar-refractivity contribution >= 4 is 11.8 Å². The maximum Gasteiger partial charge on any atom is 0.239 e. The maximum absolute atomic E-state index is 12.0. The zero-order valence-electron chi connectivity index (χ0n) is 8.79. The first kappa shape index (κ1) is 10.4. The normalized spacial score (nSPS) is 27.3. The summed E-state index contributed by atoms with van der Waals surface area (Å²) >= 11 is 0. The molecule has 84 valence electrons. The van der Waals surface area contributed by atoms with Crippen LogP contribution in [0.15, 0.2) is 0 Å². The van der Waals surface area contributed by atoms with Crippen LogP contribution in [0, 0.1) is 5.92 Å². The fourth-order valence-corrected chi connectivity index (χ4v) is 2.15. The molecule has 0 aromatic carbocycles. The molecule has 0 aromatic rings. The Hall–Kier alpha value is -1.10. The molecular weight excluding hydrogens is 194 g/mol. The first-order valence-electron chi connectivity index (χ1n) is 5.53. The maximum atomic E-state index is 12.0. The highest BCUT2D eigenvalue weighted by atomic mass is 16.2. The molecule has 5 nitrogen and oxygen atoms in total. The highest BCUT2D eigenvalue weighted by molar-refractivity contribution is 5.87. The Morgan fingerprint density at radius 3 is 2.93 bits per heavy atom. The Bertz CT molecular complexity index is 261. The van der Waals surface area contributed by atoms with Gasteiger partial charge in [-0.15, -0.1) is 0 Å². The van der Waals surface area contributed by atoms with Crippen LogP contribution in [0.1, 0.15) is 12.8 Å². The summed E-state index contributed by atoms with van der Waals surface area (Å²) in [6.45, 7) is 3.24. The minimum atomic E-state index is -0.0432. The zero-order chi connectivity index (χ0) is 10.7. The zero-order valence-corrected chi connectivity index (χ0v) is 8.79. The van der Waals surface area contributed by atoms with Crippen molar-refractivity contribution < 1.29 is 9.59 Å². The van der Waals surface area contributed by atoms with E-state index in [4.69, 9.17) is 0 Å². The van der Waals surface area contributed by atoms with Gasteiger partial charge in [0.25, 0.3) is 0 Å². The van der Waals surface area contributed by atoms with Gasteiger partial charge in [-0.1, -0.05) is 0 Å². The lowest BCUT2D eigenvalue weighted by atomic mass is 9.98. The minimum absolute atomic E-state index is 0.0432. The highest BCUT2D eigenvalue weighted by Gasteiger charge is 2.28. The van der Waals surface area contributed by atoms with Crippen molar-refractivity contribution in [2.75, 3.05) is 32.7 Å². The van der Waals surface area contributed by atoms with E-state index in [1.807, 2.05) is 0 Å². The SMILES string of the molecule is O=C1CN(C(=O)C2CCCNC2)CCN1. The van der Waals surface area contributed by atoms with E-state index in [2.05, 4.69) is 10.6 Å². The summed E-state index contributed by atoms with van der Waals surface area (Å²) in [5.74, 6) is 0.167. The van der Waals surface area contributed by atoms with Crippen molar-refractivity contribution in [3.05, 3.63) is 0 Å². The van der Waals surface area contributed by atoms with Crippen LogP contribution in [0.5, 0.6) is 0 Å². The first-order chi connectivity index (χ1) is 7.27. The number of nitrogens with zero attached hydrogens (tertiary/aromatic N) is 1. The standard InChI is InChI=1S/C10H17N3O2/c14-9-7-13(5-4-12-9)10(15)8-2-1-3-11-6-8/h8,11H,1-7H2,(H,12,14). The van der Waals surface area contributed by atoms with E-state index in [9.17, 15) is 9.59 Å². The Morgan fingerprint density at radius 2 is 2.27 bits per heavy atom. The molecule has 2 N–H and O–H groups in total. The predicted octanol–water partition coefficient (Wildman–Crippen LogP) is -1.06. The summed E-state index contributed by atoms with van der Waals surface area (Å²) in [6.07, 6.45) is 2.00. The largest absolute Gasteiger partial charge is 0.353 e. The van der Waals surface area contributed by atoms with Gasteiger partial charge < -0.3 is 15.5 Å². The summed E-state index contributed by atoms with van der Waals surface area (Å²) in [7, 11) is 0. The molecule has 1 unspecified atom stereocenters. The lowest BCUT2D eigenvalue weighted by Gasteiger charge is -2.31. The Labute approximate surface area is 89.2 Å². The highest BCUT2D eigenvalue weighted by Crippen LogP contribution is 2.13. The van der Waals surface area contributed by atoms with Crippen molar-refractivity contribution in [3.8, 4) is 0 Å². The summed E-state index contributed by atoms with van der Waals surface area (Å²) in [5.41, 5.74) is 0. The van der Waals surface area contributed by atoms with Gasteiger partial charge in [0.1, 0.15) is 0 Å². The lowest BCUT2D eigenvalue weighted by molar-refractivity contribution is -0.141. The lowest BCUT2D eigenvalue weighted by Crippen LogP contribution is -2.53. The smallest absolute Gasteiger partial charge is 0.239 e. The topological polar surface area (TPSA) is 61.4 Å². The van der Waals surface area contributed by atoms with Gasteiger partial charge in [-0.2, -0.15) is 0 Å². The van der Waals surface area contributed by atoms with Gasteiger partial charge in [0.05, 0.1) is 12.5 Å². The van der Waals surface area contributed by atoms with E-state index in [0.717, 1.165) is 25.9 Å². The van der Waals surface area contributed by atoms with Crippen molar-refractivity contribution in [2.45, 2.75) is 12.8 Å². The van der Waals surface area contributed by atoms with E-state index < -0.39 is 0 Å². The molecule has 5 heteroatoms. The van der Waals surface area contributed by atoms with Crippen LogP contribution in [-0.4, -0.2) is 49.4 Å². The molecule has 2 amide bonds. The number of rotatable bonds is 1. The first-order valence-corrected chi connectivity index (χ1v) is 5.53. The number of piperazine rings is 1. The van der Waals surface area contributed by atoms with E-state index in [1.165, 1.54) is 0 Å². The second-order valence-corrected chi connectivity index (χ2v) is 4.15. The number of carbonyl (C=O) groups is 2. The molecule has 1 atom stereocenters. The van der Waals surface area contributed by atoms with E-state index in [-0.39, 0.29) is 24.3 Å². The molecule has 2 aliphatic rings. The second-order valence-electron chi connectivity index (χ2n) is 4.15. The van der Waals surface area contributed by atoms with Gasteiger partial charge >= 0.3 is 0 Å². The molecule has 2 rings (SSSR count). The Morgan fingerprint density at radius 1 is 1.40 bits per heavy atom. The predicted molar refractivity (Wildman–Crippen MR) is 55.2 cm³/mol. The number of hydrogen-bond acceptors (Lipinski definition) is 3. The fraction of sp³-hybridized carbons (Fsp3) is 0.800. The van der Waals surface area contributed by atoms with E-state index in [0.29, 0.717) is 13.1 Å². The fourth-order valence-electron chi connectivity index (χ4n) is 2.15. The van der Waals surface area contributed by atoms with Crippen molar-refractivity contribution in [2.24, 2.45) is 5.92 Å². The number of carbonyl (C=O) groups excluding carboxylic acids is 2. The van der Waals surface area contributed by atoms with E-state index in [1.54, 1.807) is 4.90 Å². The molecular formula is C10H17N3O2. The molecule has 2 heterocycles. The number of hydrogen-bond donors (Lipinski definition) is 2. The average molecular weight is 211 g/mol. The van der Waals surface area contributed by atoms with Gasteiger partial charge in [0, 0.05) is 19.6 Å². The molecule has 0 spiro atoms. The summed E-state index contributed by atoms with van der Waals surface area (Å²) in [5, 5.41) is 5.94. The molecule has 2 fully saturated rings. The molecule has 0 radical (unpaired) electrons. The third-order valence-electron chi connectivity index (χ3n) is 3.00. The van der Waals surface area contributed by atoms with Crippen LogP contribution in [0.3, 0.4) is 0 Å². The van der Waals surface area contributed by atoms with Crippen LogP contribution >= 0.6 is 0 Å². The molecule has 2 aliphatic heterocycles. The summed E-state index contributed by atoms with van der Waals surface area (Å²) in [4.78, 5) is 24.8. The summed E-state index contributed by atoms with van der Waals surface area (Å²) in [6, 6.07) is 0. The van der Waals surface area contributed by atoms with Crippen molar-refractivity contribution in [1.29, 1.82) is 0 Å². The van der Waals surface area contributed by atoms with Crippen LogP contribution in [-0.2, 0) is 9.59 Å². The van der Waals surface area contributed by atoms with Crippen LogP contribution < -0.4 is 10.6 Å². The van der Waals surface area contributed by atoms with Gasteiger partial charge in [0.15, 0.2) is 0 Å². The molecule has 2 saturated heterocycles.